The van der Waals surface area contributed by atoms with Crippen LogP contribution < -0.4 is 4.90 Å². The second-order valence-electron chi connectivity index (χ2n) is 4.64. The quantitative estimate of drug-likeness (QED) is 0.791. The maximum absolute atomic E-state index is 13.6. The fourth-order valence-electron chi connectivity index (χ4n) is 2.26. The van der Waals surface area contributed by atoms with Gasteiger partial charge in [-0.3, -0.25) is 0 Å². The Hall–Kier alpha value is -1.43. The van der Waals surface area contributed by atoms with E-state index in [0.29, 0.717) is 36.2 Å². The van der Waals surface area contributed by atoms with Gasteiger partial charge in [-0.2, -0.15) is 0 Å². The highest BCUT2D eigenvalue weighted by Crippen LogP contribution is 2.32. The first-order chi connectivity index (χ1) is 10.1. The number of aromatic nitrogens is 2. The number of rotatable bonds is 2. The van der Waals surface area contributed by atoms with Crippen molar-refractivity contribution in [3.8, 4) is 0 Å². The van der Waals surface area contributed by atoms with E-state index in [4.69, 9.17) is 27.9 Å². The van der Waals surface area contributed by atoms with E-state index < -0.39 is 5.82 Å². The molecule has 7 heteroatoms. The van der Waals surface area contributed by atoms with E-state index in [1.165, 1.54) is 12.1 Å². The highest BCUT2D eigenvalue weighted by atomic mass is 35.5. The minimum absolute atomic E-state index is 0.00260. The summed E-state index contributed by atoms with van der Waals surface area (Å²) in [6.07, 6.45) is 3.02. The summed E-state index contributed by atoms with van der Waals surface area (Å²) in [5.74, 6) is 0.115. The van der Waals surface area contributed by atoms with Gasteiger partial charge in [0.05, 0.1) is 18.2 Å². The molecule has 0 amide bonds. The average Bonchev–Trinajstić information content (AvgIpc) is 2.52. The van der Waals surface area contributed by atoms with Gasteiger partial charge >= 0.3 is 0 Å². The Labute approximate surface area is 131 Å². The van der Waals surface area contributed by atoms with Crippen molar-refractivity contribution >= 4 is 29.2 Å². The number of nitrogens with zero attached hydrogens (tertiary/aromatic N) is 3. The zero-order valence-electron chi connectivity index (χ0n) is 11.0. The monoisotopic (exact) mass is 327 g/mol. The maximum Gasteiger partial charge on any atom is 0.225 e. The molecule has 0 saturated carbocycles. The summed E-state index contributed by atoms with van der Waals surface area (Å²) < 4.78 is 19.3. The van der Waals surface area contributed by atoms with Crippen molar-refractivity contribution in [2.75, 3.05) is 24.6 Å². The minimum Gasteiger partial charge on any atom is -0.370 e. The van der Waals surface area contributed by atoms with Crippen LogP contribution in [0.4, 0.5) is 10.3 Å². The molecule has 2 aromatic rings. The molecule has 1 aliphatic heterocycles. The zero-order valence-corrected chi connectivity index (χ0v) is 12.5. The highest BCUT2D eigenvalue weighted by Gasteiger charge is 2.26. The molecular weight excluding hydrogens is 316 g/mol. The van der Waals surface area contributed by atoms with Crippen LogP contribution in [0.25, 0.3) is 0 Å². The molecule has 3 rings (SSSR count). The third-order valence-corrected chi connectivity index (χ3v) is 3.90. The number of hydrogen-bond acceptors (Lipinski definition) is 4. The fraction of sp³-hybridized carbons (Fsp3) is 0.286. The largest absolute Gasteiger partial charge is 0.370 e. The summed E-state index contributed by atoms with van der Waals surface area (Å²) in [4.78, 5) is 10.4. The van der Waals surface area contributed by atoms with Crippen molar-refractivity contribution in [3.63, 3.8) is 0 Å². The standard InChI is InChI=1S/C14H12Cl2FN3O/c15-10-7-11(16)12(17)6-9(10)13-8-20(4-5-21-13)14-18-2-1-3-19-14/h1-3,6-7,13H,4-5,8H2. The van der Waals surface area contributed by atoms with Crippen LogP contribution in [0.1, 0.15) is 11.7 Å². The van der Waals surface area contributed by atoms with Gasteiger partial charge in [-0.1, -0.05) is 23.2 Å². The SMILES string of the molecule is Fc1cc(C2CN(c3ncccn3)CCO2)c(Cl)cc1Cl. The Morgan fingerprint density at radius 2 is 1.95 bits per heavy atom. The topological polar surface area (TPSA) is 38.2 Å². The van der Waals surface area contributed by atoms with E-state index in [1.54, 1.807) is 18.5 Å². The maximum atomic E-state index is 13.6. The Bertz CT molecular complexity index is 642. The normalized spacial score (nSPS) is 18.8. The van der Waals surface area contributed by atoms with Crippen molar-refractivity contribution in [2.24, 2.45) is 0 Å². The van der Waals surface area contributed by atoms with Crippen LogP contribution in [0.3, 0.4) is 0 Å². The molecule has 1 aliphatic rings. The molecule has 0 spiro atoms. The van der Waals surface area contributed by atoms with Crippen LogP contribution in [-0.4, -0.2) is 29.7 Å². The average molecular weight is 328 g/mol. The molecule has 1 unspecified atom stereocenters. The van der Waals surface area contributed by atoms with Gasteiger partial charge in [0.25, 0.3) is 0 Å². The third-order valence-electron chi connectivity index (χ3n) is 3.29. The van der Waals surface area contributed by atoms with Gasteiger partial charge in [0.15, 0.2) is 0 Å². The lowest BCUT2D eigenvalue weighted by Crippen LogP contribution is -2.39. The second-order valence-corrected chi connectivity index (χ2v) is 5.46. The molecule has 2 heterocycles. The molecule has 110 valence electrons. The lowest BCUT2D eigenvalue weighted by molar-refractivity contribution is 0.0391. The molecule has 21 heavy (non-hydrogen) atoms. The lowest BCUT2D eigenvalue weighted by Gasteiger charge is -2.33. The van der Waals surface area contributed by atoms with Gasteiger partial charge in [0.2, 0.25) is 5.95 Å². The summed E-state index contributed by atoms with van der Waals surface area (Å²) in [5.41, 5.74) is 0.583. The molecule has 1 saturated heterocycles. The molecular formula is C14H12Cl2FN3O. The molecule has 0 N–H and O–H groups in total. The van der Waals surface area contributed by atoms with Gasteiger partial charge in [-0.05, 0) is 18.2 Å². The predicted octanol–water partition coefficient (Wildman–Crippen LogP) is 3.50. The number of ether oxygens (including phenoxy) is 1. The highest BCUT2D eigenvalue weighted by molar-refractivity contribution is 6.35. The van der Waals surface area contributed by atoms with Crippen molar-refractivity contribution in [1.82, 2.24) is 9.97 Å². The van der Waals surface area contributed by atoms with Crippen molar-refractivity contribution in [1.29, 1.82) is 0 Å². The molecule has 0 bridgehead atoms. The van der Waals surface area contributed by atoms with Crippen LogP contribution in [0.2, 0.25) is 10.0 Å². The number of hydrogen-bond donors (Lipinski definition) is 0. The zero-order chi connectivity index (χ0) is 14.8. The molecule has 4 nitrogen and oxygen atoms in total. The van der Waals surface area contributed by atoms with Gasteiger partial charge in [-0.25, -0.2) is 14.4 Å². The Morgan fingerprint density at radius 1 is 1.19 bits per heavy atom. The number of halogens is 3. The van der Waals surface area contributed by atoms with Crippen molar-refractivity contribution in [3.05, 3.63) is 52.0 Å². The Morgan fingerprint density at radius 3 is 2.71 bits per heavy atom. The molecule has 0 radical (unpaired) electrons. The van der Waals surface area contributed by atoms with E-state index in [0.717, 1.165) is 0 Å². The van der Waals surface area contributed by atoms with Crippen LogP contribution in [-0.2, 0) is 4.74 Å². The molecule has 1 fully saturated rings. The first-order valence-corrected chi connectivity index (χ1v) is 7.19. The van der Waals surface area contributed by atoms with Crippen LogP contribution in [0, 0.1) is 5.82 Å². The molecule has 0 aliphatic carbocycles. The molecule has 1 aromatic carbocycles. The summed E-state index contributed by atoms with van der Waals surface area (Å²) in [6.45, 7) is 1.67. The van der Waals surface area contributed by atoms with Crippen LogP contribution in [0.15, 0.2) is 30.6 Å². The van der Waals surface area contributed by atoms with Crippen molar-refractivity contribution < 1.29 is 9.13 Å². The van der Waals surface area contributed by atoms with E-state index in [9.17, 15) is 4.39 Å². The molecule has 1 aromatic heterocycles. The summed E-state index contributed by atoms with van der Waals surface area (Å²) in [5, 5.41) is 0.394. The number of morpholine rings is 1. The van der Waals surface area contributed by atoms with E-state index >= 15 is 0 Å². The number of benzene rings is 1. The van der Waals surface area contributed by atoms with Crippen molar-refractivity contribution in [2.45, 2.75) is 6.10 Å². The van der Waals surface area contributed by atoms with E-state index in [2.05, 4.69) is 9.97 Å². The van der Waals surface area contributed by atoms with Gasteiger partial charge in [0.1, 0.15) is 11.9 Å². The molecule has 1 atom stereocenters. The van der Waals surface area contributed by atoms with E-state index in [1.807, 2.05) is 4.90 Å². The van der Waals surface area contributed by atoms with Gasteiger partial charge in [-0.15, -0.1) is 0 Å². The summed E-state index contributed by atoms with van der Waals surface area (Å²) in [7, 11) is 0. The first-order valence-electron chi connectivity index (χ1n) is 6.43. The predicted molar refractivity (Wildman–Crippen MR) is 79.4 cm³/mol. The van der Waals surface area contributed by atoms with Crippen LogP contribution >= 0.6 is 23.2 Å². The van der Waals surface area contributed by atoms with E-state index in [-0.39, 0.29) is 11.1 Å². The van der Waals surface area contributed by atoms with Crippen LogP contribution in [0.5, 0.6) is 0 Å². The van der Waals surface area contributed by atoms with Gasteiger partial charge < -0.3 is 9.64 Å². The second kappa shape index (κ2) is 6.13. The third kappa shape index (κ3) is 3.10. The number of anilines is 1. The smallest absolute Gasteiger partial charge is 0.225 e. The van der Waals surface area contributed by atoms with Gasteiger partial charge in [0, 0.05) is 29.5 Å². The minimum atomic E-state index is -0.507. The Balaban J connectivity index is 1.85. The summed E-state index contributed by atoms with van der Waals surface area (Å²) >= 11 is 11.9. The first kappa shape index (κ1) is 14.5. The fourth-order valence-corrected chi connectivity index (χ4v) is 2.76. The Kier molecular flexibility index (Phi) is 4.24. The summed E-state index contributed by atoms with van der Waals surface area (Å²) in [6, 6.07) is 4.48. The lowest BCUT2D eigenvalue weighted by atomic mass is 10.1.